The molecular formula is C13H18N2O2S. The summed E-state index contributed by atoms with van der Waals surface area (Å²) >= 11 is 1.87. The van der Waals surface area contributed by atoms with Crippen LogP contribution in [0.2, 0.25) is 0 Å². The molecule has 0 amide bonds. The number of hydrogen-bond acceptors (Lipinski definition) is 5. The maximum Gasteiger partial charge on any atom is 0.341 e. The number of methoxy groups -OCH3 is 1. The van der Waals surface area contributed by atoms with E-state index in [1.54, 1.807) is 18.3 Å². The Kier molecular flexibility index (Phi) is 4.47. The Morgan fingerprint density at radius 2 is 2.39 bits per heavy atom. The van der Waals surface area contributed by atoms with E-state index in [1.165, 1.54) is 20.0 Å². The van der Waals surface area contributed by atoms with Crippen LogP contribution in [0.1, 0.15) is 29.6 Å². The molecule has 1 aliphatic rings. The number of carbonyl (C=O) groups is 1. The Morgan fingerprint density at radius 1 is 1.56 bits per heavy atom. The van der Waals surface area contributed by atoms with Crippen LogP contribution in [0.4, 0.5) is 5.82 Å². The first-order chi connectivity index (χ1) is 8.76. The van der Waals surface area contributed by atoms with Gasteiger partial charge in [-0.05, 0) is 31.2 Å². The Bertz CT molecular complexity index is 425. The molecule has 98 valence electrons. The quantitative estimate of drug-likeness (QED) is 0.849. The van der Waals surface area contributed by atoms with E-state index in [1.807, 2.05) is 11.8 Å². The lowest BCUT2D eigenvalue weighted by molar-refractivity contribution is 0.0601. The highest BCUT2D eigenvalue weighted by Crippen LogP contribution is 2.31. The summed E-state index contributed by atoms with van der Waals surface area (Å²) in [7, 11) is 1.39. The van der Waals surface area contributed by atoms with Crippen molar-refractivity contribution in [3.8, 4) is 0 Å². The molecule has 5 heteroatoms. The van der Waals surface area contributed by atoms with E-state index >= 15 is 0 Å². The Balaban J connectivity index is 2.16. The minimum Gasteiger partial charge on any atom is -0.465 e. The van der Waals surface area contributed by atoms with Crippen molar-refractivity contribution in [3.05, 3.63) is 23.9 Å². The third kappa shape index (κ3) is 2.77. The van der Waals surface area contributed by atoms with Crippen LogP contribution >= 0.6 is 11.8 Å². The second-order valence-corrected chi connectivity index (χ2v) is 5.42. The average molecular weight is 266 g/mol. The standard InChI is InChI=1S/C13H18N2O2S/c1-17-13(16)9-5-4-8-14-12(9)15-10-6-3-7-11(10)18-2/h4-5,8,10-11H,3,6-7H2,1-2H3,(H,14,15). The van der Waals surface area contributed by atoms with Crippen LogP contribution in [0.25, 0.3) is 0 Å². The van der Waals surface area contributed by atoms with Gasteiger partial charge in [-0.2, -0.15) is 11.8 Å². The molecule has 1 aliphatic carbocycles. The van der Waals surface area contributed by atoms with Crippen molar-refractivity contribution in [2.45, 2.75) is 30.6 Å². The van der Waals surface area contributed by atoms with Crippen LogP contribution in [-0.4, -0.2) is 35.6 Å². The molecule has 0 radical (unpaired) electrons. The molecule has 0 spiro atoms. The largest absolute Gasteiger partial charge is 0.465 e. The van der Waals surface area contributed by atoms with Crippen LogP contribution in [0, 0.1) is 0 Å². The van der Waals surface area contributed by atoms with Crippen molar-refractivity contribution < 1.29 is 9.53 Å². The summed E-state index contributed by atoms with van der Waals surface area (Å²) in [4.78, 5) is 15.9. The van der Waals surface area contributed by atoms with Gasteiger partial charge in [0.05, 0.1) is 7.11 Å². The van der Waals surface area contributed by atoms with Crippen molar-refractivity contribution in [2.24, 2.45) is 0 Å². The monoisotopic (exact) mass is 266 g/mol. The normalized spacial score (nSPS) is 22.8. The molecule has 0 aliphatic heterocycles. The highest BCUT2D eigenvalue weighted by Gasteiger charge is 2.27. The summed E-state index contributed by atoms with van der Waals surface area (Å²) in [6.45, 7) is 0. The number of rotatable bonds is 4. The third-order valence-electron chi connectivity index (χ3n) is 3.29. The number of hydrogen-bond donors (Lipinski definition) is 1. The molecule has 2 atom stereocenters. The van der Waals surface area contributed by atoms with Crippen molar-refractivity contribution >= 4 is 23.5 Å². The maximum atomic E-state index is 11.7. The fourth-order valence-corrected chi connectivity index (χ4v) is 3.28. The van der Waals surface area contributed by atoms with E-state index in [2.05, 4.69) is 16.6 Å². The lowest BCUT2D eigenvalue weighted by Crippen LogP contribution is -2.27. The molecule has 1 aromatic rings. The van der Waals surface area contributed by atoms with Gasteiger partial charge in [-0.25, -0.2) is 9.78 Å². The van der Waals surface area contributed by atoms with E-state index in [-0.39, 0.29) is 5.97 Å². The molecule has 2 unspecified atom stereocenters. The zero-order valence-corrected chi connectivity index (χ0v) is 11.5. The molecule has 0 bridgehead atoms. The fourth-order valence-electron chi connectivity index (χ4n) is 2.34. The molecule has 4 nitrogen and oxygen atoms in total. The predicted octanol–water partition coefficient (Wildman–Crippen LogP) is 2.56. The molecule has 1 heterocycles. The number of nitrogens with one attached hydrogen (secondary N) is 1. The van der Waals surface area contributed by atoms with Crippen molar-refractivity contribution in [2.75, 3.05) is 18.7 Å². The number of ether oxygens (including phenoxy) is 1. The Labute approximate surface area is 112 Å². The predicted molar refractivity (Wildman–Crippen MR) is 74.1 cm³/mol. The lowest BCUT2D eigenvalue weighted by Gasteiger charge is -2.20. The molecule has 2 rings (SSSR count). The zero-order valence-electron chi connectivity index (χ0n) is 10.7. The number of anilines is 1. The maximum absolute atomic E-state index is 11.7. The molecule has 1 fully saturated rings. The van der Waals surface area contributed by atoms with E-state index < -0.39 is 0 Å². The summed E-state index contributed by atoms with van der Waals surface area (Å²) in [5, 5.41) is 3.99. The number of carbonyl (C=O) groups excluding carboxylic acids is 1. The van der Waals surface area contributed by atoms with Gasteiger partial charge in [0.1, 0.15) is 11.4 Å². The first kappa shape index (κ1) is 13.2. The Hall–Kier alpha value is -1.23. The van der Waals surface area contributed by atoms with Crippen LogP contribution in [0.5, 0.6) is 0 Å². The van der Waals surface area contributed by atoms with Crippen LogP contribution < -0.4 is 5.32 Å². The lowest BCUT2D eigenvalue weighted by atomic mass is 10.2. The first-order valence-corrected chi connectivity index (χ1v) is 7.37. The second kappa shape index (κ2) is 6.09. The number of aromatic nitrogens is 1. The highest BCUT2D eigenvalue weighted by atomic mass is 32.2. The smallest absolute Gasteiger partial charge is 0.341 e. The van der Waals surface area contributed by atoms with Gasteiger partial charge in [-0.3, -0.25) is 0 Å². The molecule has 0 aromatic carbocycles. The van der Waals surface area contributed by atoms with Crippen LogP contribution in [-0.2, 0) is 4.74 Å². The van der Waals surface area contributed by atoms with Gasteiger partial charge in [0, 0.05) is 17.5 Å². The van der Waals surface area contributed by atoms with Gasteiger partial charge >= 0.3 is 5.97 Å². The molecule has 0 saturated heterocycles. The number of pyridine rings is 1. The summed E-state index contributed by atoms with van der Waals surface area (Å²) in [6, 6.07) is 3.88. The zero-order chi connectivity index (χ0) is 13.0. The SMILES string of the molecule is COC(=O)c1cccnc1NC1CCCC1SC. The molecule has 18 heavy (non-hydrogen) atoms. The number of thioether (sulfide) groups is 1. The van der Waals surface area contributed by atoms with Crippen LogP contribution in [0.3, 0.4) is 0 Å². The summed E-state index contributed by atoms with van der Waals surface area (Å²) in [5.74, 6) is 0.291. The van der Waals surface area contributed by atoms with Crippen molar-refractivity contribution in [3.63, 3.8) is 0 Å². The van der Waals surface area contributed by atoms with E-state index in [9.17, 15) is 4.79 Å². The minimum atomic E-state index is -0.343. The van der Waals surface area contributed by atoms with Crippen molar-refractivity contribution in [1.82, 2.24) is 4.98 Å². The van der Waals surface area contributed by atoms with Gasteiger partial charge in [-0.1, -0.05) is 6.42 Å². The van der Waals surface area contributed by atoms with Gasteiger partial charge < -0.3 is 10.1 Å². The summed E-state index contributed by atoms with van der Waals surface area (Å²) in [5.41, 5.74) is 0.506. The molecule has 1 N–H and O–H groups in total. The van der Waals surface area contributed by atoms with E-state index in [0.29, 0.717) is 22.7 Å². The molecule has 1 saturated carbocycles. The van der Waals surface area contributed by atoms with Crippen LogP contribution in [0.15, 0.2) is 18.3 Å². The second-order valence-electron chi connectivity index (χ2n) is 4.35. The fraction of sp³-hybridized carbons (Fsp3) is 0.538. The summed E-state index contributed by atoms with van der Waals surface area (Å²) in [6.07, 6.45) is 7.40. The molecule has 1 aromatic heterocycles. The topological polar surface area (TPSA) is 51.2 Å². The van der Waals surface area contributed by atoms with E-state index in [4.69, 9.17) is 4.74 Å². The summed E-state index contributed by atoms with van der Waals surface area (Å²) < 4.78 is 4.77. The first-order valence-electron chi connectivity index (χ1n) is 6.09. The van der Waals surface area contributed by atoms with Gasteiger partial charge in [0.25, 0.3) is 0 Å². The molecular weight excluding hydrogens is 248 g/mol. The van der Waals surface area contributed by atoms with Crippen molar-refractivity contribution in [1.29, 1.82) is 0 Å². The highest BCUT2D eigenvalue weighted by molar-refractivity contribution is 7.99. The minimum absolute atomic E-state index is 0.343. The number of nitrogens with zero attached hydrogens (tertiary/aromatic N) is 1. The van der Waals surface area contributed by atoms with Gasteiger partial charge in [0.2, 0.25) is 0 Å². The number of esters is 1. The Morgan fingerprint density at radius 3 is 3.11 bits per heavy atom. The third-order valence-corrected chi connectivity index (χ3v) is 4.46. The van der Waals surface area contributed by atoms with Gasteiger partial charge in [-0.15, -0.1) is 0 Å². The average Bonchev–Trinajstić information content (AvgIpc) is 2.86. The van der Waals surface area contributed by atoms with Gasteiger partial charge in [0.15, 0.2) is 0 Å². The van der Waals surface area contributed by atoms with E-state index in [0.717, 1.165) is 6.42 Å².